The smallest absolute Gasteiger partial charge is 0.271 e. The van der Waals surface area contributed by atoms with Crippen LogP contribution in [0.15, 0.2) is 6.07 Å². The van der Waals surface area contributed by atoms with E-state index in [0.29, 0.717) is 11.5 Å². The SMILES string of the molecule is Cc1cc(OCC(=O)NN)c(C)c(C)c1OCC(=O)NN. The number of nitrogens with two attached hydrogens (primary N) is 2. The van der Waals surface area contributed by atoms with Crippen LogP contribution in [0.1, 0.15) is 16.7 Å². The molecule has 2 amide bonds. The average molecular weight is 296 g/mol. The van der Waals surface area contributed by atoms with E-state index in [1.807, 2.05) is 31.6 Å². The number of hydrogen-bond acceptors (Lipinski definition) is 6. The highest BCUT2D eigenvalue weighted by Gasteiger charge is 2.14. The number of hydrazine groups is 2. The molecule has 6 N–H and O–H groups in total. The molecule has 0 aliphatic carbocycles. The Balaban J connectivity index is 2.92. The molecule has 0 radical (unpaired) electrons. The van der Waals surface area contributed by atoms with E-state index in [9.17, 15) is 9.59 Å². The monoisotopic (exact) mass is 296 g/mol. The summed E-state index contributed by atoms with van der Waals surface area (Å²) in [5.41, 5.74) is 6.40. The van der Waals surface area contributed by atoms with Crippen LogP contribution >= 0.6 is 0 Å². The summed E-state index contributed by atoms with van der Waals surface area (Å²) >= 11 is 0. The maximum Gasteiger partial charge on any atom is 0.271 e. The molecule has 8 heteroatoms. The van der Waals surface area contributed by atoms with Gasteiger partial charge in [-0.25, -0.2) is 11.7 Å². The van der Waals surface area contributed by atoms with Crippen molar-refractivity contribution in [3.8, 4) is 11.5 Å². The van der Waals surface area contributed by atoms with Crippen LogP contribution in [0.5, 0.6) is 11.5 Å². The fourth-order valence-corrected chi connectivity index (χ4v) is 1.76. The highest BCUT2D eigenvalue weighted by molar-refractivity contribution is 5.77. The van der Waals surface area contributed by atoms with Crippen molar-refractivity contribution in [2.75, 3.05) is 13.2 Å². The maximum absolute atomic E-state index is 11.1. The van der Waals surface area contributed by atoms with Crippen molar-refractivity contribution < 1.29 is 19.1 Å². The molecule has 0 heterocycles. The quantitative estimate of drug-likeness (QED) is 0.314. The lowest BCUT2D eigenvalue weighted by Crippen LogP contribution is -2.34. The third-order valence-electron chi connectivity index (χ3n) is 3.01. The van der Waals surface area contributed by atoms with Crippen LogP contribution in [0, 0.1) is 20.8 Å². The molecule has 0 aromatic heterocycles. The predicted molar refractivity (Wildman–Crippen MR) is 76.3 cm³/mol. The van der Waals surface area contributed by atoms with E-state index in [4.69, 9.17) is 21.2 Å². The van der Waals surface area contributed by atoms with Crippen molar-refractivity contribution in [2.24, 2.45) is 11.7 Å². The molecule has 1 aromatic rings. The second kappa shape index (κ2) is 7.46. The van der Waals surface area contributed by atoms with Crippen molar-refractivity contribution in [1.82, 2.24) is 10.9 Å². The van der Waals surface area contributed by atoms with E-state index in [2.05, 4.69) is 0 Å². The number of aryl methyl sites for hydroxylation is 1. The highest BCUT2D eigenvalue weighted by Crippen LogP contribution is 2.33. The summed E-state index contributed by atoms with van der Waals surface area (Å²) in [7, 11) is 0. The third kappa shape index (κ3) is 4.33. The first-order valence-electron chi connectivity index (χ1n) is 6.26. The van der Waals surface area contributed by atoms with Gasteiger partial charge in [-0.15, -0.1) is 0 Å². The molecule has 0 saturated heterocycles. The number of carbonyl (C=O) groups excluding carboxylic acids is 2. The normalized spacial score (nSPS) is 9.95. The molecule has 0 unspecified atom stereocenters. The van der Waals surface area contributed by atoms with Crippen molar-refractivity contribution in [2.45, 2.75) is 20.8 Å². The van der Waals surface area contributed by atoms with Gasteiger partial charge in [-0.2, -0.15) is 0 Å². The van der Waals surface area contributed by atoms with Gasteiger partial charge in [0.1, 0.15) is 11.5 Å². The van der Waals surface area contributed by atoms with Gasteiger partial charge in [0.05, 0.1) is 0 Å². The molecule has 1 aromatic carbocycles. The second-order valence-electron chi connectivity index (χ2n) is 4.48. The molecule has 0 aliphatic rings. The number of hydrogen-bond donors (Lipinski definition) is 4. The van der Waals surface area contributed by atoms with Gasteiger partial charge in [0.15, 0.2) is 13.2 Å². The minimum Gasteiger partial charge on any atom is -0.483 e. The Hall–Kier alpha value is -2.32. The Labute approximate surface area is 122 Å². The Bertz CT molecular complexity index is 545. The van der Waals surface area contributed by atoms with Crippen molar-refractivity contribution in [1.29, 1.82) is 0 Å². The zero-order chi connectivity index (χ0) is 16.0. The molecule has 0 bridgehead atoms. The van der Waals surface area contributed by atoms with Crippen LogP contribution in [0.25, 0.3) is 0 Å². The van der Waals surface area contributed by atoms with Crippen molar-refractivity contribution in [3.63, 3.8) is 0 Å². The van der Waals surface area contributed by atoms with Crippen LogP contribution < -0.4 is 32.0 Å². The predicted octanol–water partition coefficient (Wildman–Crippen LogP) is -0.651. The highest BCUT2D eigenvalue weighted by atomic mass is 16.5. The Morgan fingerprint density at radius 3 is 2.05 bits per heavy atom. The molecule has 0 atom stereocenters. The van der Waals surface area contributed by atoms with Gasteiger partial charge in [-0.1, -0.05) is 0 Å². The first kappa shape index (κ1) is 16.7. The third-order valence-corrected chi connectivity index (χ3v) is 3.01. The molecule has 8 nitrogen and oxygen atoms in total. The number of ether oxygens (including phenoxy) is 2. The van der Waals surface area contributed by atoms with Gasteiger partial charge in [-0.3, -0.25) is 20.4 Å². The van der Waals surface area contributed by atoms with E-state index in [-0.39, 0.29) is 13.2 Å². The van der Waals surface area contributed by atoms with Gasteiger partial charge in [0.25, 0.3) is 11.8 Å². The first-order chi connectivity index (χ1) is 9.90. The Kier molecular flexibility index (Phi) is 5.94. The van der Waals surface area contributed by atoms with Gasteiger partial charge < -0.3 is 9.47 Å². The summed E-state index contributed by atoms with van der Waals surface area (Å²) in [5.74, 6) is 10.3. The molecule has 0 aliphatic heterocycles. The fraction of sp³-hybridized carbons (Fsp3) is 0.385. The van der Waals surface area contributed by atoms with E-state index in [1.54, 1.807) is 6.07 Å². The summed E-state index contributed by atoms with van der Waals surface area (Å²) in [5, 5.41) is 0. The largest absolute Gasteiger partial charge is 0.483 e. The lowest BCUT2D eigenvalue weighted by molar-refractivity contribution is -0.123. The maximum atomic E-state index is 11.1. The number of nitrogens with one attached hydrogen (secondary N) is 2. The molecule has 0 saturated carbocycles. The standard InChI is InChI=1S/C13H20N4O4/c1-7-4-10(20-5-11(18)16-14)8(2)9(3)13(7)21-6-12(19)17-15/h4H,5-6,14-15H2,1-3H3,(H,16,18)(H,17,19). The Morgan fingerprint density at radius 2 is 1.52 bits per heavy atom. The fourth-order valence-electron chi connectivity index (χ4n) is 1.76. The molecule has 1 rings (SSSR count). The molecular formula is C13H20N4O4. The summed E-state index contributed by atoms with van der Waals surface area (Å²) in [6, 6.07) is 1.74. The average Bonchev–Trinajstić information content (AvgIpc) is 2.48. The summed E-state index contributed by atoms with van der Waals surface area (Å²) in [6.45, 7) is 5.14. The number of rotatable bonds is 6. The molecule has 0 fully saturated rings. The van der Waals surface area contributed by atoms with Gasteiger partial charge in [0.2, 0.25) is 0 Å². The van der Waals surface area contributed by atoms with Crippen LogP contribution in [-0.4, -0.2) is 25.0 Å². The molecule has 0 spiro atoms. The van der Waals surface area contributed by atoms with E-state index < -0.39 is 11.8 Å². The van der Waals surface area contributed by atoms with Crippen LogP contribution in [0.3, 0.4) is 0 Å². The number of benzene rings is 1. The van der Waals surface area contributed by atoms with Gasteiger partial charge >= 0.3 is 0 Å². The molecule has 116 valence electrons. The first-order valence-corrected chi connectivity index (χ1v) is 6.26. The lowest BCUT2D eigenvalue weighted by Gasteiger charge is -2.17. The van der Waals surface area contributed by atoms with Crippen molar-refractivity contribution >= 4 is 11.8 Å². The summed E-state index contributed by atoms with van der Waals surface area (Å²) in [4.78, 5) is 22.2. The Morgan fingerprint density at radius 1 is 1.00 bits per heavy atom. The zero-order valence-electron chi connectivity index (χ0n) is 12.3. The lowest BCUT2D eigenvalue weighted by atomic mass is 10.0. The van der Waals surface area contributed by atoms with E-state index in [0.717, 1.165) is 16.7 Å². The zero-order valence-corrected chi connectivity index (χ0v) is 12.3. The minimum absolute atomic E-state index is 0.173. The van der Waals surface area contributed by atoms with Gasteiger partial charge in [-0.05, 0) is 43.5 Å². The van der Waals surface area contributed by atoms with Crippen molar-refractivity contribution in [3.05, 3.63) is 22.8 Å². The summed E-state index contributed by atoms with van der Waals surface area (Å²) < 4.78 is 10.9. The van der Waals surface area contributed by atoms with E-state index >= 15 is 0 Å². The van der Waals surface area contributed by atoms with Crippen LogP contribution in [-0.2, 0) is 9.59 Å². The number of carbonyl (C=O) groups is 2. The molecule has 21 heavy (non-hydrogen) atoms. The number of amides is 2. The van der Waals surface area contributed by atoms with Gasteiger partial charge in [0, 0.05) is 0 Å². The topological polar surface area (TPSA) is 129 Å². The second-order valence-corrected chi connectivity index (χ2v) is 4.48. The van der Waals surface area contributed by atoms with Crippen LogP contribution in [0.2, 0.25) is 0 Å². The molecular weight excluding hydrogens is 276 g/mol. The van der Waals surface area contributed by atoms with Crippen LogP contribution in [0.4, 0.5) is 0 Å². The minimum atomic E-state index is -0.426. The van der Waals surface area contributed by atoms with E-state index in [1.165, 1.54) is 0 Å². The summed E-state index contributed by atoms with van der Waals surface area (Å²) in [6.07, 6.45) is 0.